The molecule has 0 radical (unpaired) electrons. The van der Waals surface area contributed by atoms with Gasteiger partial charge in [0.25, 0.3) is 0 Å². The molecule has 1 heterocycles. The van der Waals surface area contributed by atoms with Gasteiger partial charge in [-0.1, -0.05) is 12.1 Å². The first-order valence-electron chi connectivity index (χ1n) is 5.56. The zero-order chi connectivity index (χ0) is 13.1. The van der Waals surface area contributed by atoms with Gasteiger partial charge in [0.1, 0.15) is 6.10 Å². The Morgan fingerprint density at radius 3 is 2.94 bits per heavy atom. The number of para-hydroxylation sites is 1. The number of esters is 1. The van der Waals surface area contributed by atoms with Crippen LogP contribution in [0.4, 0.5) is 0 Å². The van der Waals surface area contributed by atoms with E-state index in [0.717, 1.165) is 0 Å². The van der Waals surface area contributed by atoms with Crippen LogP contribution in [0.3, 0.4) is 0 Å². The highest BCUT2D eigenvalue weighted by Crippen LogP contribution is 2.39. The number of carbonyl (C=O) groups excluding carboxylic acids is 1. The molecule has 18 heavy (non-hydrogen) atoms. The van der Waals surface area contributed by atoms with Crippen molar-refractivity contribution >= 4 is 5.97 Å². The van der Waals surface area contributed by atoms with Crippen LogP contribution in [0.25, 0.3) is 0 Å². The van der Waals surface area contributed by atoms with Crippen molar-refractivity contribution in [1.82, 2.24) is 0 Å². The van der Waals surface area contributed by atoms with Crippen LogP contribution in [-0.2, 0) is 9.53 Å². The third kappa shape index (κ3) is 2.25. The van der Waals surface area contributed by atoms with E-state index in [-0.39, 0.29) is 13.4 Å². The van der Waals surface area contributed by atoms with Crippen LogP contribution in [0.2, 0.25) is 0 Å². The molecule has 2 atom stereocenters. The average Bonchev–Trinajstić information content (AvgIpc) is 2.85. The lowest BCUT2D eigenvalue weighted by atomic mass is 10.0. The van der Waals surface area contributed by atoms with Gasteiger partial charge >= 0.3 is 5.97 Å². The number of hydrogen-bond acceptors (Lipinski definition) is 6. The van der Waals surface area contributed by atoms with Gasteiger partial charge in [0, 0.05) is 5.56 Å². The maximum absolute atomic E-state index is 11.4. The highest BCUT2D eigenvalue weighted by Gasteiger charge is 2.31. The zero-order valence-electron chi connectivity index (χ0n) is 9.83. The van der Waals surface area contributed by atoms with Crippen molar-refractivity contribution in [2.45, 2.75) is 19.1 Å². The van der Waals surface area contributed by atoms with Crippen molar-refractivity contribution < 1.29 is 29.2 Å². The van der Waals surface area contributed by atoms with Crippen molar-refractivity contribution in [2.75, 3.05) is 13.4 Å². The number of hydrogen-bond donors (Lipinski definition) is 2. The molecule has 1 aliphatic heterocycles. The van der Waals surface area contributed by atoms with Crippen LogP contribution < -0.4 is 9.47 Å². The topological polar surface area (TPSA) is 85.2 Å². The quantitative estimate of drug-likeness (QED) is 0.755. The molecule has 6 heteroatoms. The zero-order valence-corrected chi connectivity index (χ0v) is 9.83. The molecule has 98 valence electrons. The van der Waals surface area contributed by atoms with Crippen molar-refractivity contribution in [3.63, 3.8) is 0 Å². The minimum Gasteiger partial charge on any atom is -0.464 e. The van der Waals surface area contributed by atoms with Crippen LogP contribution in [0.5, 0.6) is 11.5 Å². The van der Waals surface area contributed by atoms with Crippen LogP contribution in [-0.4, -0.2) is 35.7 Å². The third-order valence-corrected chi connectivity index (χ3v) is 2.57. The van der Waals surface area contributed by atoms with Gasteiger partial charge in [-0.15, -0.1) is 0 Å². The third-order valence-electron chi connectivity index (χ3n) is 2.57. The van der Waals surface area contributed by atoms with E-state index < -0.39 is 18.2 Å². The molecule has 0 aromatic heterocycles. The Morgan fingerprint density at radius 1 is 1.44 bits per heavy atom. The second kappa shape index (κ2) is 5.24. The minimum atomic E-state index is -1.65. The number of ether oxygens (including phenoxy) is 3. The molecule has 0 bridgehead atoms. The Hall–Kier alpha value is -1.79. The molecule has 1 aromatic rings. The molecule has 0 aliphatic carbocycles. The van der Waals surface area contributed by atoms with E-state index in [1.807, 2.05) is 0 Å². The normalized spacial score (nSPS) is 16.2. The molecule has 1 aliphatic rings. The summed E-state index contributed by atoms with van der Waals surface area (Å²) in [5.74, 6) is -0.0579. The Kier molecular flexibility index (Phi) is 3.69. The summed E-state index contributed by atoms with van der Waals surface area (Å²) >= 11 is 0. The standard InChI is InChI=1S/C12H14O6/c1-2-16-12(15)10(14)9(13)7-4-3-5-8-11(7)18-6-17-8/h3-5,9-10,13-14H,2,6H2,1H3. The van der Waals surface area contributed by atoms with Crippen LogP contribution in [0.15, 0.2) is 18.2 Å². The number of fused-ring (bicyclic) bond motifs is 1. The number of aliphatic hydroxyl groups excluding tert-OH is 2. The first-order valence-corrected chi connectivity index (χ1v) is 5.56. The summed E-state index contributed by atoms with van der Waals surface area (Å²) in [4.78, 5) is 11.4. The van der Waals surface area contributed by atoms with E-state index >= 15 is 0 Å². The summed E-state index contributed by atoms with van der Waals surface area (Å²) < 4.78 is 15.0. The van der Waals surface area contributed by atoms with Gasteiger partial charge in [-0.3, -0.25) is 0 Å². The van der Waals surface area contributed by atoms with Crippen molar-refractivity contribution in [3.8, 4) is 11.5 Å². The van der Waals surface area contributed by atoms with Crippen molar-refractivity contribution in [3.05, 3.63) is 23.8 Å². The summed E-state index contributed by atoms with van der Waals surface area (Å²) in [6.45, 7) is 1.80. The molecule has 2 N–H and O–H groups in total. The highest BCUT2D eigenvalue weighted by atomic mass is 16.7. The molecule has 2 rings (SSSR count). The number of carbonyl (C=O) groups is 1. The fourth-order valence-corrected chi connectivity index (χ4v) is 1.71. The Morgan fingerprint density at radius 2 is 2.22 bits per heavy atom. The maximum atomic E-state index is 11.4. The molecule has 6 nitrogen and oxygen atoms in total. The maximum Gasteiger partial charge on any atom is 0.338 e. The van der Waals surface area contributed by atoms with Crippen LogP contribution in [0, 0.1) is 0 Å². The van der Waals surface area contributed by atoms with Gasteiger partial charge in [0.15, 0.2) is 17.6 Å². The summed E-state index contributed by atoms with van der Waals surface area (Å²) in [5.41, 5.74) is 0.297. The van der Waals surface area contributed by atoms with Crippen LogP contribution >= 0.6 is 0 Å². The minimum absolute atomic E-state index is 0.0502. The molecular formula is C12H14O6. The van der Waals surface area contributed by atoms with E-state index in [4.69, 9.17) is 9.47 Å². The van der Waals surface area contributed by atoms with Gasteiger partial charge in [-0.2, -0.15) is 0 Å². The Balaban J connectivity index is 2.21. The summed E-state index contributed by atoms with van der Waals surface area (Å²) in [7, 11) is 0. The Labute approximate surface area is 104 Å². The van der Waals surface area contributed by atoms with Gasteiger partial charge in [-0.05, 0) is 13.0 Å². The molecule has 1 aromatic carbocycles. The summed E-state index contributed by atoms with van der Waals surface area (Å²) in [5, 5.41) is 19.6. The fourth-order valence-electron chi connectivity index (χ4n) is 1.71. The molecule has 0 spiro atoms. The van der Waals surface area contributed by atoms with E-state index in [9.17, 15) is 15.0 Å². The molecule has 2 unspecified atom stereocenters. The van der Waals surface area contributed by atoms with Crippen molar-refractivity contribution in [1.29, 1.82) is 0 Å². The second-order valence-electron chi connectivity index (χ2n) is 3.72. The monoisotopic (exact) mass is 254 g/mol. The predicted molar refractivity (Wildman–Crippen MR) is 60.2 cm³/mol. The number of rotatable bonds is 4. The summed E-state index contributed by atoms with van der Waals surface area (Å²) in [6.07, 6.45) is -3.07. The smallest absolute Gasteiger partial charge is 0.338 e. The highest BCUT2D eigenvalue weighted by molar-refractivity contribution is 5.75. The number of aliphatic hydroxyl groups is 2. The molecular weight excluding hydrogens is 240 g/mol. The van der Waals surface area contributed by atoms with E-state index in [2.05, 4.69) is 4.74 Å². The van der Waals surface area contributed by atoms with Crippen LogP contribution in [0.1, 0.15) is 18.6 Å². The first-order chi connectivity index (χ1) is 8.65. The number of benzene rings is 1. The predicted octanol–water partition coefficient (Wildman–Crippen LogP) is 0.373. The van der Waals surface area contributed by atoms with E-state index in [1.165, 1.54) is 0 Å². The van der Waals surface area contributed by atoms with Gasteiger partial charge < -0.3 is 24.4 Å². The second-order valence-corrected chi connectivity index (χ2v) is 3.72. The largest absolute Gasteiger partial charge is 0.464 e. The Bertz CT molecular complexity index is 444. The van der Waals surface area contributed by atoms with Gasteiger partial charge in [0.2, 0.25) is 6.79 Å². The molecule has 0 fully saturated rings. The van der Waals surface area contributed by atoms with Crippen molar-refractivity contribution in [2.24, 2.45) is 0 Å². The lowest BCUT2D eigenvalue weighted by molar-refractivity contribution is -0.159. The first kappa shape index (κ1) is 12.7. The average molecular weight is 254 g/mol. The SMILES string of the molecule is CCOC(=O)C(O)C(O)c1cccc2c1OCO2. The molecule has 0 amide bonds. The van der Waals surface area contributed by atoms with E-state index in [0.29, 0.717) is 17.1 Å². The summed E-state index contributed by atoms with van der Waals surface area (Å²) in [6, 6.07) is 4.87. The van der Waals surface area contributed by atoms with Gasteiger partial charge in [-0.25, -0.2) is 4.79 Å². The fraction of sp³-hybridized carbons (Fsp3) is 0.417. The van der Waals surface area contributed by atoms with E-state index in [1.54, 1.807) is 25.1 Å². The molecule has 0 saturated heterocycles. The lowest BCUT2D eigenvalue weighted by Gasteiger charge is -2.17. The van der Waals surface area contributed by atoms with Gasteiger partial charge in [0.05, 0.1) is 6.61 Å². The lowest BCUT2D eigenvalue weighted by Crippen LogP contribution is -2.30. The molecule has 0 saturated carbocycles.